The highest BCUT2D eigenvalue weighted by molar-refractivity contribution is 9.10. The highest BCUT2D eigenvalue weighted by Gasteiger charge is 2.35. The number of aromatic nitrogens is 1. The lowest BCUT2D eigenvalue weighted by molar-refractivity contribution is -0.138. The molecule has 1 nitrogen and oxygen atoms in total. The number of hydrogen-bond donors (Lipinski definition) is 0. The Balaban J connectivity index is 3.37. The maximum atomic E-state index is 12.7. The Labute approximate surface area is 88.2 Å². The van der Waals surface area contributed by atoms with E-state index in [-0.39, 0.29) is 6.07 Å². The molecular weight excluding hydrogens is 292 g/mol. The normalized spacial score (nSPS) is 12.3. The molecule has 1 heterocycles. The van der Waals surface area contributed by atoms with Crippen LogP contribution in [0.2, 0.25) is 0 Å². The van der Waals surface area contributed by atoms with Gasteiger partial charge >= 0.3 is 6.18 Å². The summed E-state index contributed by atoms with van der Waals surface area (Å²) >= 11 is 2.35. The van der Waals surface area contributed by atoms with E-state index in [9.17, 15) is 26.3 Å². The lowest BCUT2D eigenvalue weighted by atomic mass is 10.2. The van der Waals surface area contributed by atoms with Gasteiger partial charge in [0.15, 0.2) is 0 Å². The summed E-state index contributed by atoms with van der Waals surface area (Å²) in [7, 11) is 0. The van der Waals surface area contributed by atoms with Gasteiger partial charge in [-0.05, 0) is 22.0 Å². The maximum Gasteiger partial charge on any atom is 0.419 e. The fourth-order valence-electron chi connectivity index (χ4n) is 0.837. The first-order valence-electron chi connectivity index (χ1n) is 3.44. The molecule has 0 aliphatic rings. The first-order valence-corrected chi connectivity index (χ1v) is 4.24. The highest BCUT2D eigenvalue weighted by Crippen LogP contribution is 2.36. The molecule has 1 aromatic heterocycles. The molecule has 0 bridgehead atoms. The Morgan fingerprint density at radius 1 is 1.27 bits per heavy atom. The zero-order valence-corrected chi connectivity index (χ0v) is 8.33. The molecule has 0 aromatic carbocycles. The van der Waals surface area contributed by atoms with Crippen LogP contribution >= 0.6 is 15.9 Å². The van der Waals surface area contributed by atoms with Gasteiger partial charge in [-0.1, -0.05) is 0 Å². The highest BCUT2D eigenvalue weighted by atomic mass is 79.9. The monoisotopic (exact) mass is 293 g/mol. The van der Waals surface area contributed by atoms with Crippen LogP contribution in [-0.4, -0.2) is 4.98 Å². The molecule has 0 atom stereocenters. The van der Waals surface area contributed by atoms with Gasteiger partial charge in [0.05, 0.1) is 11.1 Å². The second kappa shape index (κ2) is 3.99. The van der Waals surface area contributed by atoms with Crippen LogP contribution in [0.15, 0.2) is 10.7 Å². The Kier molecular flexibility index (Phi) is 3.27. The predicted octanol–water partition coefficient (Wildman–Crippen LogP) is 3.94. The fourth-order valence-corrected chi connectivity index (χ4v) is 1.33. The number of pyridine rings is 1. The minimum absolute atomic E-state index is 0.0388. The van der Waals surface area contributed by atoms with Gasteiger partial charge in [-0.15, -0.1) is 0 Å². The summed E-state index contributed by atoms with van der Waals surface area (Å²) in [5, 5.41) is 0. The third-order valence-electron chi connectivity index (χ3n) is 1.50. The van der Waals surface area contributed by atoms with Crippen LogP contribution in [0, 0.1) is 5.95 Å². The number of rotatable bonds is 1. The summed E-state index contributed by atoms with van der Waals surface area (Å²) in [4.78, 5) is 2.71. The van der Waals surface area contributed by atoms with Crippen LogP contribution in [0.3, 0.4) is 0 Å². The molecule has 15 heavy (non-hydrogen) atoms. The van der Waals surface area contributed by atoms with Gasteiger partial charge in [-0.3, -0.25) is 0 Å². The van der Waals surface area contributed by atoms with E-state index in [1.807, 2.05) is 0 Å². The molecule has 0 aliphatic carbocycles. The Bertz CT molecular complexity index is 374. The van der Waals surface area contributed by atoms with E-state index in [1.54, 1.807) is 0 Å². The van der Waals surface area contributed by atoms with Gasteiger partial charge in [0.1, 0.15) is 4.60 Å². The minimum Gasteiger partial charge on any atom is -0.212 e. The molecule has 0 aliphatic heterocycles. The maximum absolute atomic E-state index is 12.7. The number of hydrogen-bond acceptors (Lipinski definition) is 1. The average molecular weight is 294 g/mol. The van der Waals surface area contributed by atoms with Crippen molar-refractivity contribution in [1.29, 1.82) is 0 Å². The van der Waals surface area contributed by atoms with Gasteiger partial charge in [-0.2, -0.15) is 17.6 Å². The van der Waals surface area contributed by atoms with Crippen LogP contribution < -0.4 is 0 Å². The van der Waals surface area contributed by atoms with Crippen molar-refractivity contribution in [2.24, 2.45) is 0 Å². The summed E-state index contributed by atoms with van der Waals surface area (Å²) in [6.07, 6.45) is -8.20. The van der Waals surface area contributed by atoms with Crippen molar-refractivity contribution >= 4 is 15.9 Å². The molecule has 0 N–H and O–H groups in total. The van der Waals surface area contributed by atoms with Gasteiger partial charge in [-0.25, -0.2) is 13.8 Å². The van der Waals surface area contributed by atoms with E-state index < -0.39 is 34.3 Å². The topological polar surface area (TPSA) is 12.9 Å². The Hall–Kier alpha value is -0.790. The standard InChI is InChI=1S/C7H2BrF6N/c8-4-3(7(12,13)14)1-2(5(9)10)6(11)15-4/h1,5H. The summed E-state index contributed by atoms with van der Waals surface area (Å²) in [6.45, 7) is 0. The molecule has 0 unspecified atom stereocenters. The first kappa shape index (κ1) is 12.3. The van der Waals surface area contributed by atoms with Crippen LogP contribution in [-0.2, 0) is 6.18 Å². The van der Waals surface area contributed by atoms with Crippen molar-refractivity contribution in [2.45, 2.75) is 12.6 Å². The van der Waals surface area contributed by atoms with E-state index in [1.165, 1.54) is 0 Å². The molecule has 0 fully saturated rings. The molecule has 0 spiro atoms. The summed E-state index contributed by atoms with van der Waals surface area (Å²) in [6, 6.07) is 0.0388. The second-order valence-corrected chi connectivity index (χ2v) is 3.26. The van der Waals surface area contributed by atoms with Crippen molar-refractivity contribution in [3.63, 3.8) is 0 Å². The SMILES string of the molecule is Fc1nc(Br)c(C(F)(F)F)cc1C(F)F. The van der Waals surface area contributed by atoms with Crippen molar-refractivity contribution < 1.29 is 26.3 Å². The van der Waals surface area contributed by atoms with E-state index in [0.29, 0.717) is 0 Å². The van der Waals surface area contributed by atoms with Gasteiger partial charge in [0, 0.05) is 0 Å². The lowest BCUT2D eigenvalue weighted by Crippen LogP contribution is -2.10. The largest absolute Gasteiger partial charge is 0.419 e. The molecule has 1 rings (SSSR count). The zero-order valence-electron chi connectivity index (χ0n) is 6.75. The zero-order chi connectivity index (χ0) is 11.8. The molecular formula is C7H2BrF6N. The van der Waals surface area contributed by atoms with Crippen molar-refractivity contribution in [3.8, 4) is 0 Å². The lowest BCUT2D eigenvalue weighted by Gasteiger charge is -2.10. The van der Waals surface area contributed by atoms with Gasteiger partial charge in [0.25, 0.3) is 6.43 Å². The van der Waals surface area contributed by atoms with Gasteiger partial charge < -0.3 is 0 Å². The van der Waals surface area contributed by atoms with E-state index in [2.05, 4.69) is 20.9 Å². The van der Waals surface area contributed by atoms with Crippen molar-refractivity contribution in [3.05, 3.63) is 27.7 Å². The van der Waals surface area contributed by atoms with Crippen molar-refractivity contribution in [1.82, 2.24) is 4.98 Å². The molecule has 1 aromatic rings. The third kappa shape index (κ3) is 2.61. The Morgan fingerprint density at radius 3 is 2.20 bits per heavy atom. The second-order valence-electron chi connectivity index (χ2n) is 2.51. The van der Waals surface area contributed by atoms with E-state index in [0.717, 1.165) is 0 Å². The fraction of sp³-hybridized carbons (Fsp3) is 0.286. The molecule has 8 heteroatoms. The van der Waals surface area contributed by atoms with Crippen LogP contribution in [0.1, 0.15) is 17.6 Å². The van der Waals surface area contributed by atoms with Crippen LogP contribution in [0.4, 0.5) is 26.3 Å². The van der Waals surface area contributed by atoms with Crippen LogP contribution in [0.25, 0.3) is 0 Å². The number of alkyl halides is 5. The molecule has 0 radical (unpaired) electrons. The molecule has 0 saturated carbocycles. The number of halogens is 7. The third-order valence-corrected chi connectivity index (χ3v) is 2.10. The smallest absolute Gasteiger partial charge is 0.212 e. The van der Waals surface area contributed by atoms with Crippen LogP contribution in [0.5, 0.6) is 0 Å². The molecule has 0 saturated heterocycles. The molecule has 84 valence electrons. The first-order chi connectivity index (χ1) is 6.73. The molecule has 0 amide bonds. The van der Waals surface area contributed by atoms with Gasteiger partial charge in [0.2, 0.25) is 5.95 Å². The predicted molar refractivity (Wildman–Crippen MR) is 41.9 cm³/mol. The quantitative estimate of drug-likeness (QED) is 0.564. The Morgan fingerprint density at radius 2 is 1.80 bits per heavy atom. The summed E-state index contributed by atoms with van der Waals surface area (Å²) in [5.74, 6) is -1.62. The van der Waals surface area contributed by atoms with Crippen molar-refractivity contribution in [2.75, 3.05) is 0 Å². The summed E-state index contributed by atoms with van der Waals surface area (Å²) in [5.41, 5.74) is -2.80. The average Bonchev–Trinajstić information content (AvgIpc) is 2.00. The summed E-state index contributed by atoms with van der Waals surface area (Å²) < 4.78 is 72.5. The van der Waals surface area contributed by atoms with E-state index >= 15 is 0 Å². The minimum atomic E-state index is -4.86. The van der Waals surface area contributed by atoms with E-state index in [4.69, 9.17) is 0 Å². The number of nitrogens with zero attached hydrogens (tertiary/aromatic N) is 1.